The number of aryl methyl sites for hydroxylation is 1. The first-order valence-electron chi connectivity index (χ1n) is 10.3. The standard InChI is InChI=1S/C25H28N2O3S/c1-4-20-10-12-22(13-11-20)19(2)26-25(28)23-14-16-24(17-15-23)27(31(3,29)30)18-21-8-6-5-7-9-21/h5-17,19H,4,18H2,1-3H3,(H,26,28). The molecule has 162 valence electrons. The van der Waals surface area contributed by atoms with Crippen LogP contribution in [0.1, 0.15) is 46.9 Å². The quantitative estimate of drug-likeness (QED) is 0.556. The van der Waals surface area contributed by atoms with E-state index in [9.17, 15) is 13.2 Å². The first-order valence-corrected chi connectivity index (χ1v) is 12.1. The zero-order valence-corrected chi connectivity index (χ0v) is 18.9. The van der Waals surface area contributed by atoms with E-state index in [0.717, 1.165) is 17.5 Å². The molecule has 31 heavy (non-hydrogen) atoms. The van der Waals surface area contributed by atoms with Gasteiger partial charge in [0.15, 0.2) is 0 Å². The Bertz CT molecular complexity index is 1110. The van der Waals surface area contributed by atoms with Crippen LogP contribution in [0.2, 0.25) is 0 Å². The Morgan fingerprint density at radius 3 is 2.06 bits per heavy atom. The zero-order valence-electron chi connectivity index (χ0n) is 18.1. The minimum absolute atomic E-state index is 0.135. The molecule has 3 rings (SSSR count). The molecule has 0 bridgehead atoms. The van der Waals surface area contributed by atoms with E-state index < -0.39 is 10.0 Å². The number of hydrogen-bond donors (Lipinski definition) is 1. The summed E-state index contributed by atoms with van der Waals surface area (Å²) >= 11 is 0. The minimum atomic E-state index is -3.48. The van der Waals surface area contributed by atoms with Crippen LogP contribution in [0.5, 0.6) is 0 Å². The topological polar surface area (TPSA) is 66.5 Å². The van der Waals surface area contributed by atoms with Crippen LogP contribution in [0.3, 0.4) is 0 Å². The Balaban J connectivity index is 1.73. The van der Waals surface area contributed by atoms with Crippen molar-refractivity contribution in [2.45, 2.75) is 32.9 Å². The van der Waals surface area contributed by atoms with Crippen LogP contribution in [0.4, 0.5) is 5.69 Å². The van der Waals surface area contributed by atoms with Crippen molar-refractivity contribution >= 4 is 21.6 Å². The van der Waals surface area contributed by atoms with E-state index in [-0.39, 0.29) is 18.5 Å². The Morgan fingerprint density at radius 1 is 0.903 bits per heavy atom. The zero-order chi connectivity index (χ0) is 22.4. The third kappa shape index (κ3) is 5.95. The molecular weight excluding hydrogens is 408 g/mol. The molecule has 6 heteroatoms. The van der Waals surface area contributed by atoms with E-state index in [1.165, 1.54) is 16.1 Å². The van der Waals surface area contributed by atoms with Crippen molar-refractivity contribution in [3.63, 3.8) is 0 Å². The number of anilines is 1. The number of carbonyl (C=O) groups is 1. The average Bonchev–Trinajstić information content (AvgIpc) is 2.77. The monoisotopic (exact) mass is 436 g/mol. The summed E-state index contributed by atoms with van der Waals surface area (Å²) in [7, 11) is -3.48. The predicted octanol–water partition coefficient (Wildman–Crippen LogP) is 4.71. The predicted molar refractivity (Wildman–Crippen MR) is 126 cm³/mol. The number of carbonyl (C=O) groups excluding carboxylic acids is 1. The summed E-state index contributed by atoms with van der Waals surface area (Å²) in [6, 6.07) is 24.1. The lowest BCUT2D eigenvalue weighted by Crippen LogP contribution is -2.29. The first kappa shape index (κ1) is 22.6. The number of nitrogens with zero attached hydrogens (tertiary/aromatic N) is 1. The van der Waals surface area contributed by atoms with Crippen molar-refractivity contribution in [3.8, 4) is 0 Å². The molecule has 0 aliphatic carbocycles. The first-order chi connectivity index (χ1) is 14.8. The van der Waals surface area contributed by atoms with Crippen LogP contribution in [-0.2, 0) is 23.0 Å². The molecule has 1 N–H and O–H groups in total. The van der Waals surface area contributed by atoms with Gasteiger partial charge in [-0.05, 0) is 54.3 Å². The molecule has 0 spiro atoms. The fourth-order valence-electron chi connectivity index (χ4n) is 3.33. The fourth-order valence-corrected chi connectivity index (χ4v) is 4.22. The molecule has 1 atom stereocenters. The van der Waals surface area contributed by atoms with Gasteiger partial charge in [0.1, 0.15) is 0 Å². The van der Waals surface area contributed by atoms with Gasteiger partial charge in [-0.2, -0.15) is 0 Å². The van der Waals surface area contributed by atoms with Crippen molar-refractivity contribution < 1.29 is 13.2 Å². The second kappa shape index (κ2) is 9.79. The maximum Gasteiger partial charge on any atom is 0.251 e. The highest BCUT2D eigenvalue weighted by Gasteiger charge is 2.19. The highest BCUT2D eigenvalue weighted by molar-refractivity contribution is 7.92. The largest absolute Gasteiger partial charge is 0.346 e. The molecule has 1 amide bonds. The van der Waals surface area contributed by atoms with Crippen LogP contribution < -0.4 is 9.62 Å². The summed E-state index contributed by atoms with van der Waals surface area (Å²) < 4.78 is 26.0. The number of rotatable bonds is 8. The summed E-state index contributed by atoms with van der Waals surface area (Å²) in [4.78, 5) is 12.7. The highest BCUT2D eigenvalue weighted by Crippen LogP contribution is 2.22. The Morgan fingerprint density at radius 2 is 1.52 bits per heavy atom. The Labute approximate surface area is 184 Å². The number of amides is 1. The van der Waals surface area contributed by atoms with Crippen molar-refractivity contribution in [3.05, 3.63) is 101 Å². The molecular formula is C25H28N2O3S. The van der Waals surface area contributed by atoms with Crippen LogP contribution in [-0.4, -0.2) is 20.6 Å². The Hall–Kier alpha value is -3.12. The highest BCUT2D eigenvalue weighted by atomic mass is 32.2. The van der Waals surface area contributed by atoms with Crippen molar-refractivity contribution in [1.29, 1.82) is 0 Å². The molecule has 0 aromatic heterocycles. The number of nitrogens with one attached hydrogen (secondary N) is 1. The van der Waals surface area contributed by atoms with Crippen LogP contribution >= 0.6 is 0 Å². The molecule has 0 saturated carbocycles. The van der Waals surface area contributed by atoms with Crippen LogP contribution in [0.15, 0.2) is 78.9 Å². The summed E-state index contributed by atoms with van der Waals surface area (Å²) in [6.07, 6.45) is 2.16. The Kier molecular flexibility index (Phi) is 7.13. The number of hydrogen-bond acceptors (Lipinski definition) is 3. The van der Waals surface area contributed by atoms with Crippen LogP contribution in [0, 0.1) is 0 Å². The molecule has 0 fully saturated rings. The lowest BCUT2D eigenvalue weighted by atomic mass is 10.0. The molecule has 0 heterocycles. The van der Waals surface area contributed by atoms with E-state index in [0.29, 0.717) is 11.3 Å². The molecule has 3 aromatic carbocycles. The van der Waals surface area contributed by atoms with Gasteiger partial charge in [-0.1, -0.05) is 61.5 Å². The van der Waals surface area contributed by atoms with Gasteiger partial charge in [0.2, 0.25) is 10.0 Å². The second-order valence-corrected chi connectivity index (χ2v) is 9.50. The van der Waals surface area contributed by atoms with Crippen molar-refractivity contribution in [2.75, 3.05) is 10.6 Å². The normalized spacial score (nSPS) is 12.2. The SMILES string of the molecule is CCc1ccc(C(C)NC(=O)c2ccc(N(Cc3ccccc3)S(C)(=O)=O)cc2)cc1. The maximum absolute atomic E-state index is 12.7. The lowest BCUT2D eigenvalue weighted by Gasteiger charge is -2.23. The summed E-state index contributed by atoms with van der Waals surface area (Å²) in [6.45, 7) is 4.28. The van der Waals surface area contributed by atoms with Crippen LogP contribution in [0.25, 0.3) is 0 Å². The molecule has 1 unspecified atom stereocenters. The smallest absolute Gasteiger partial charge is 0.251 e. The molecule has 0 aliphatic heterocycles. The van der Waals surface area contributed by atoms with E-state index >= 15 is 0 Å². The van der Waals surface area contributed by atoms with Gasteiger partial charge in [-0.25, -0.2) is 8.42 Å². The lowest BCUT2D eigenvalue weighted by molar-refractivity contribution is 0.0940. The molecule has 0 aliphatic rings. The van der Waals surface area contributed by atoms with E-state index in [2.05, 4.69) is 24.4 Å². The van der Waals surface area contributed by atoms with Gasteiger partial charge in [-0.3, -0.25) is 9.10 Å². The third-order valence-corrected chi connectivity index (χ3v) is 6.36. The molecule has 3 aromatic rings. The van der Waals surface area contributed by atoms with Gasteiger partial charge in [0.05, 0.1) is 24.5 Å². The third-order valence-electron chi connectivity index (χ3n) is 5.22. The molecule has 5 nitrogen and oxygen atoms in total. The molecule has 0 radical (unpaired) electrons. The van der Waals surface area contributed by atoms with E-state index in [1.807, 2.05) is 49.4 Å². The van der Waals surface area contributed by atoms with E-state index in [1.54, 1.807) is 24.3 Å². The van der Waals surface area contributed by atoms with Gasteiger partial charge < -0.3 is 5.32 Å². The van der Waals surface area contributed by atoms with Crippen molar-refractivity contribution in [2.24, 2.45) is 0 Å². The molecule has 0 saturated heterocycles. The van der Waals surface area contributed by atoms with E-state index in [4.69, 9.17) is 0 Å². The fraction of sp³-hybridized carbons (Fsp3) is 0.240. The van der Waals surface area contributed by atoms with Gasteiger partial charge in [-0.15, -0.1) is 0 Å². The number of sulfonamides is 1. The maximum atomic E-state index is 12.7. The van der Waals surface area contributed by atoms with Crippen molar-refractivity contribution in [1.82, 2.24) is 5.32 Å². The summed E-state index contributed by atoms with van der Waals surface area (Å²) in [5.41, 5.74) is 4.18. The minimum Gasteiger partial charge on any atom is -0.346 e. The van der Waals surface area contributed by atoms with Gasteiger partial charge >= 0.3 is 0 Å². The summed E-state index contributed by atoms with van der Waals surface area (Å²) in [5.74, 6) is -0.201. The average molecular weight is 437 g/mol. The summed E-state index contributed by atoms with van der Waals surface area (Å²) in [5, 5.41) is 3.00. The van der Waals surface area contributed by atoms with Gasteiger partial charge in [0.25, 0.3) is 5.91 Å². The van der Waals surface area contributed by atoms with Gasteiger partial charge in [0, 0.05) is 5.56 Å². The number of benzene rings is 3. The second-order valence-electron chi connectivity index (χ2n) is 7.59.